The number of anilines is 1. The van der Waals surface area contributed by atoms with E-state index in [-0.39, 0.29) is 11.9 Å². The fourth-order valence-corrected chi connectivity index (χ4v) is 3.53. The Morgan fingerprint density at radius 1 is 1.08 bits per heavy atom. The SMILES string of the molecule is CC1=C(C(=O)Nc2cccc(C)c2C)[C@@H](c2ccccc2Br)NC(=O)N1. The minimum Gasteiger partial charge on any atom is -0.327 e. The molecule has 0 bridgehead atoms. The van der Waals surface area contributed by atoms with Gasteiger partial charge in [-0.3, -0.25) is 4.79 Å². The van der Waals surface area contributed by atoms with Gasteiger partial charge in [0.1, 0.15) is 0 Å². The van der Waals surface area contributed by atoms with E-state index >= 15 is 0 Å². The van der Waals surface area contributed by atoms with Crippen LogP contribution < -0.4 is 16.0 Å². The van der Waals surface area contributed by atoms with E-state index in [9.17, 15) is 9.59 Å². The van der Waals surface area contributed by atoms with Crippen molar-refractivity contribution in [2.24, 2.45) is 0 Å². The first-order valence-corrected chi connectivity index (χ1v) is 9.08. The van der Waals surface area contributed by atoms with Crippen LogP contribution in [0.15, 0.2) is 58.2 Å². The molecule has 6 heteroatoms. The summed E-state index contributed by atoms with van der Waals surface area (Å²) in [4.78, 5) is 25.1. The Balaban J connectivity index is 2.00. The maximum Gasteiger partial charge on any atom is 0.319 e. The summed E-state index contributed by atoms with van der Waals surface area (Å²) in [5.41, 5.74) is 4.73. The standard InChI is InChI=1S/C20H20BrN3O2/c1-11-7-6-10-16(12(11)2)23-19(25)17-13(3)22-20(26)24-18(17)14-8-4-5-9-15(14)21/h4-10,18H,1-3H3,(H,23,25)(H2,22,24,26)/t18-/m1/s1. The van der Waals surface area contributed by atoms with E-state index in [1.807, 2.05) is 56.3 Å². The van der Waals surface area contributed by atoms with Gasteiger partial charge >= 0.3 is 6.03 Å². The van der Waals surface area contributed by atoms with Gasteiger partial charge in [-0.1, -0.05) is 46.3 Å². The molecule has 1 aliphatic heterocycles. The third-order valence-electron chi connectivity index (χ3n) is 4.58. The van der Waals surface area contributed by atoms with Crippen molar-refractivity contribution in [1.82, 2.24) is 10.6 Å². The first kappa shape index (κ1) is 18.2. The van der Waals surface area contributed by atoms with Crippen molar-refractivity contribution >= 4 is 33.6 Å². The molecule has 1 aliphatic rings. The monoisotopic (exact) mass is 413 g/mol. The highest BCUT2D eigenvalue weighted by Gasteiger charge is 2.32. The van der Waals surface area contributed by atoms with Crippen molar-refractivity contribution in [3.8, 4) is 0 Å². The number of aryl methyl sites for hydroxylation is 1. The maximum atomic E-state index is 13.1. The largest absolute Gasteiger partial charge is 0.327 e. The molecule has 5 nitrogen and oxygen atoms in total. The van der Waals surface area contributed by atoms with Crippen molar-refractivity contribution in [3.63, 3.8) is 0 Å². The molecule has 2 aromatic rings. The molecule has 1 atom stereocenters. The first-order valence-electron chi connectivity index (χ1n) is 8.28. The highest BCUT2D eigenvalue weighted by molar-refractivity contribution is 9.10. The van der Waals surface area contributed by atoms with Crippen LogP contribution in [0.5, 0.6) is 0 Å². The maximum absolute atomic E-state index is 13.1. The van der Waals surface area contributed by atoms with Crippen LogP contribution in [0.3, 0.4) is 0 Å². The molecule has 0 fully saturated rings. The molecule has 3 rings (SSSR count). The second kappa shape index (κ2) is 7.33. The molecule has 1 heterocycles. The average molecular weight is 414 g/mol. The number of rotatable bonds is 3. The van der Waals surface area contributed by atoms with Crippen LogP contribution in [0.2, 0.25) is 0 Å². The fraction of sp³-hybridized carbons (Fsp3) is 0.200. The highest BCUT2D eigenvalue weighted by Crippen LogP contribution is 2.32. The van der Waals surface area contributed by atoms with Crippen LogP contribution in [0.1, 0.15) is 29.7 Å². The van der Waals surface area contributed by atoms with Gasteiger partial charge in [-0.2, -0.15) is 0 Å². The summed E-state index contributed by atoms with van der Waals surface area (Å²) in [6, 6.07) is 12.5. The molecule has 3 N–H and O–H groups in total. The van der Waals surface area contributed by atoms with E-state index in [4.69, 9.17) is 0 Å². The molecule has 0 aliphatic carbocycles. The summed E-state index contributed by atoms with van der Waals surface area (Å²) in [7, 11) is 0. The summed E-state index contributed by atoms with van der Waals surface area (Å²) in [6.07, 6.45) is 0. The lowest BCUT2D eigenvalue weighted by molar-refractivity contribution is -0.113. The normalized spacial score (nSPS) is 16.8. The number of halogens is 1. The smallest absolute Gasteiger partial charge is 0.319 e. The van der Waals surface area contributed by atoms with E-state index in [0.717, 1.165) is 26.9 Å². The van der Waals surface area contributed by atoms with Crippen molar-refractivity contribution in [3.05, 3.63) is 74.9 Å². The van der Waals surface area contributed by atoms with Gasteiger partial charge in [0.15, 0.2) is 0 Å². The summed E-state index contributed by atoms with van der Waals surface area (Å²) in [5.74, 6) is -0.246. The first-order chi connectivity index (χ1) is 12.4. The van der Waals surface area contributed by atoms with Gasteiger partial charge in [0.2, 0.25) is 0 Å². The summed E-state index contributed by atoms with van der Waals surface area (Å²) >= 11 is 3.51. The quantitative estimate of drug-likeness (QED) is 0.700. The third kappa shape index (κ3) is 3.51. The molecule has 26 heavy (non-hydrogen) atoms. The Labute approximate surface area is 161 Å². The second-order valence-electron chi connectivity index (χ2n) is 6.29. The predicted molar refractivity (Wildman–Crippen MR) is 106 cm³/mol. The Morgan fingerprint density at radius 2 is 1.81 bits per heavy atom. The molecule has 134 valence electrons. The topological polar surface area (TPSA) is 70.2 Å². The Kier molecular flexibility index (Phi) is 5.13. The lowest BCUT2D eigenvalue weighted by Gasteiger charge is -2.29. The number of carbonyl (C=O) groups is 2. The average Bonchev–Trinajstić information content (AvgIpc) is 2.58. The molecular weight excluding hydrogens is 394 g/mol. The molecule has 0 aromatic heterocycles. The Morgan fingerprint density at radius 3 is 2.54 bits per heavy atom. The zero-order valence-electron chi connectivity index (χ0n) is 14.8. The Bertz CT molecular complexity index is 921. The predicted octanol–water partition coefficient (Wildman–Crippen LogP) is 4.33. The summed E-state index contributed by atoms with van der Waals surface area (Å²) in [6.45, 7) is 5.71. The summed E-state index contributed by atoms with van der Waals surface area (Å²) in [5, 5.41) is 8.52. The fourth-order valence-electron chi connectivity index (χ4n) is 3.01. The third-order valence-corrected chi connectivity index (χ3v) is 5.30. The van der Waals surface area contributed by atoms with E-state index in [0.29, 0.717) is 11.3 Å². The minimum atomic E-state index is -0.538. The van der Waals surface area contributed by atoms with Gasteiger partial charge in [0.25, 0.3) is 5.91 Å². The second-order valence-corrected chi connectivity index (χ2v) is 7.15. The van der Waals surface area contributed by atoms with E-state index in [1.54, 1.807) is 6.92 Å². The minimum absolute atomic E-state index is 0.246. The lowest BCUT2D eigenvalue weighted by Crippen LogP contribution is -2.46. The van der Waals surface area contributed by atoms with E-state index in [1.165, 1.54) is 0 Å². The van der Waals surface area contributed by atoms with Crippen molar-refractivity contribution in [2.45, 2.75) is 26.8 Å². The molecule has 0 radical (unpaired) electrons. The lowest BCUT2D eigenvalue weighted by atomic mass is 9.94. The number of nitrogens with one attached hydrogen (secondary N) is 3. The van der Waals surface area contributed by atoms with Gasteiger partial charge in [0.05, 0.1) is 11.6 Å². The van der Waals surface area contributed by atoms with Gasteiger partial charge in [-0.05, 0) is 49.6 Å². The molecule has 0 spiro atoms. The van der Waals surface area contributed by atoms with Gasteiger partial charge in [-0.25, -0.2) is 4.79 Å². The van der Waals surface area contributed by atoms with Crippen LogP contribution in [-0.4, -0.2) is 11.9 Å². The van der Waals surface area contributed by atoms with E-state index in [2.05, 4.69) is 31.9 Å². The number of amides is 3. The molecule has 0 saturated heterocycles. The van der Waals surface area contributed by atoms with Gasteiger partial charge in [0, 0.05) is 15.9 Å². The molecule has 0 saturated carbocycles. The number of benzene rings is 2. The zero-order valence-corrected chi connectivity index (χ0v) is 16.4. The van der Waals surface area contributed by atoms with Crippen molar-refractivity contribution in [2.75, 3.05) is 5.32 Å². The molecule has 2 aromatic carbocycles. The van der Waals surface area contributed by atoms with Crippen LogP contribution in [0.25, 0.3) is 0 Å². The number of urea groups is 1. The molecule has 3 amide bonds. The number of hydrogen-bond acceptors (Lipinski definition) is 2. The number of allylic oxidation sites excluding steroid dienone is 1. The number of hydrogen-bond donors (Lipinski definition) is 3. The van der Waals surface area contributed by atoms with Crippen LogP contribution in [-0.2, 0) is 4.79 Å². The van der Waals surface area contributed by atoms with Crippen LogP contribution in [0, 0.1) is 13.8 Å². The van der Waals surface area contributed by atoms with Crippen molar-refractivity contribution < 1.29 is 9.59 Å². The van der Waals surface area contributed by atoms with Gasteiger partial charge in [-0.15, -0.1) is 0 Å². The Hall–Kier alpha value is -2.60. The zero-order chi connectivity index (χ0) is 18.8. The van der Waals surface area contributed by atoms with Crippen molar-refractivity contribution in [1.29, 1.82) is 0 Å². The van der Waals surface area contributed by atoms with E-state index < -0.39 is 6.04 Å². The van der Waals surface area contributed by atoms with Crippen LogP contribution in [0.4, 0.5) is 10.5 Å². The number of carbonyl (C=O) groups excluding carboxylic acids is 2. The van der Waals surface area contributed by atoms with Gasteiger partial charge < -0.3 is 16.0 Å². The van der Waals surface area contributed by atoms with Crippen LogP contribution >= 0.6 is 15.9 Å². The molecular formula is C20H20BrN3O2. The summed E-state index contributed by atoms with van der Waals surface area (Å²) < 4.78 is 0.831. The highest BCUT2D eigenvalue weighted by atomic mass is 79.9. The molecule has 0 unspecified atom stereocenters.